The first-order valence-electron chi connectivity index (χ1n) is 6.20. The molecule has 0 N–H and O–H groups in total. The highest BCUT2D eigenvalue weighted by atomic mass is 79.9. The molecule has 1 aromatic carbocycles. The molecule has 100 valence electrons. The van der Waals surface area contributed by atoms with Crippen molar-refractivity contribution in [3.63, 3.8) is 0 Å². The standard InChI is InChI=1S/C14H19BrO3/c1-4-6-9-18-12-8-7-11(15)10(3)13(12)14(16)17-5-2/h7-8H,4-6,9H2,1-3H3. The normalized spacial score (nSPS) is 10.2. The van der Waals surface area contributed by atoms with Gasteiger partial charge in [-0.1, -0.05) is 29.3 Å². The molecule has 3 nitrogen and oxygen atoms in total. The Kier molecular flexibility index (Phi) is 6.19. The van der Waals surface area contributed by atoms with Crippen molar-refractivity contribution in [2.45, 2.75) is 33.6 Å². The van der Waals surface area contributed by atoms with Crippen molar-refractivity contribution in [3.05, 3.63) is 27.7 Å². The van der Waals surface area contributed by atoms with Crippen LogP contribution in [-0.4, -0.2) is 19.2 Å². The third kappa shape index (κ3) is 3.73. The zero-order valence-corrected chi connectivity index (χ0v) is 12.7. The molecule has 0 unspecified atom stereocenters. The molecule has 0 bridgehead atoms. The van der Waals surface area contributed by atoms with Crippen LogP contribution in [0.4, 0.5) is 0 Å². The molecule has 0 aliphatic carbocycles. The number of carbonyl (C=O) groups excluding carboxylic acids is 1. The molecule has 0 atom stereocenters. The maximum Gasteiger partial charge on any atom is 0.342 e. The van der Waals surface area contributed by atoms with Gasteiger partial charge in [-0.3, -0.25) is 0 Å². The molecule has 0 amide bonds. The van der Waals surface area contributed by atoms with Crippen LogP contribution in [0.2, 0.25) is 0 Å². The first kappa shape index (κ1) is 15.0. The van der Waals surface area contributed by atoms with E-state index in [9.17, 15) is 4.79 Å². The van der Waals surface area contributed by atoms with Crippen LogP contribution in [-0.2, 0) is 4.74 Å². The van der Waals surface area contributed by atoms with Crippen molar-refractivity contribution < 1.29 is 14.3 Å². The van der Waals surface area contributed by atoms with E-state index in [1.54, 1.807) is 13.0 Å². The van der Waals surface area contributed by atoms with E-state index in [1.807, 2.05) is 13.0 Å². The van der Waals surface area contributed by atoms with Crippen LogP contribution in [0, 0.1) is 6.92 Å². The molecule has 0 saturated heterocycles. The van der Waals surface area contributed by atoms with Crippen LogP contribution in [0.5, 0.6) is 5.75 Å². The van der Waals surface area contributed by atoms with Gasteiger partial charge in [0, 0.05) is 4.47 Å². The Hall–Kier alpha value is -1.03. The molecule has 0 aromatic heterocycles. The zero-order valence-electron chi connectivity index (χ0n) is 11.1. The quantitative estimate of drug-likeness (QED) is 0.585. The fourth-order valence-corrected chi connectivity index (χ4v) is 1.90. The van der Waals surface area contributed by atoms with Crippen LogP contribution in [0.3, 0.4) is 0 Å². The minimum absolute atomic E-state index is 0.331. The van der Waals surface area contributed by atoms with Crippen LogP contribution >= 0.6 is 15.9 Å². The summed E-state index contributed by atoms with van der Waals surface area (Å²) in [7, 11) is 0. The molecule has 1 rings (SSSR count). The summed E-state index contributed by atoms with van der Waals surface area (Å²) in [6.07, 6.45) is 2.03. The van der Waals surface area contributed by atoms with Gasteiger partial charge in [-0.15, -0.1) is 0 Å². The van der Waals surface area contributed by atoms with Crippen molar-refractivity contribution in [2.75, 3.05) is 13.2 Å². The highest BCUT2D eigenvalue weighted by molar-refractivity contribution is 9.10. The number of halogens is 1. The van der Waals surface area contributed by atoms with Gasteiger partial charge in [-0.2, -0.15) is 0 Å². The van der Waals surface area contributed by atoms with E-state index in [2.05, 4.69) is 22.9 Å². The maximum atomic E-state index is 11.9. The monoisotopic (exact) mass is 314 g/mol. The molecule has 0 heterocycles. The minimum Gasteiger partial charge on any atom is -0.493 e. The lowest BCUT2D eigenvalue weighted by Gasteiger charge is -2.14. The van der Waals surface area contributed by atoms with Crippen LogP contribution in [0.1, 0.15) is 42.6 Å². The Morgan fingerprint density at radius 1 is 1.33 bits per heavy atom. The Balaban J connectivity index is 3.01. The topological polar surface area (TPSA) is 35.5 Å². The summed E-state index contributed by atoms with van der Waals surface area (Å²) in [5, 5.41) is 0. The Morgan fingerprint density at radius 3 is 2.67 bits per heavy atom. The van der Waals surface area contributed by atoms with E-state index in [1.165, 1.54) is 0 Å². The van der Waals surface area contributed by atoms with E-state index in [-0.39, 0.29) is 5.97 Å². The molecule has 18 heavy (non-hydrogen) atoms. The molecule has 0 radical (unpaired) electrons. The van der Waals surface area contributed by atoms with E-state index >= 15 is 0 Å². The Morgan fingerprint density at radius 2 is 2.06 bits per heavy atom. The predicted molar refractivity (Wildman–Crippen MR) is 75.2 cm³/mol. The second kappa shape index (κ2) is 7.41. The molecular weight excluding hydrogens is 296 g/mol. The summed E-state index contributed by atoms with van der Waals surface area (Å²) in [6.45, 7) is 6.75. The average Bonchev–Trinajstić information content (AvgIpc) is 2.34. The number of rotatable bonds is 6. The number of carbonyl (C=O) groups is 1. The number of hydrogen-bond donors (Lipinski definition) is 0. The summed E-state index contributed by atoms with van der Waals surface area (Å²) >= 11 is 3.42. The fourth-order valence-electron chi connectivity index (χ4n) is 1.57. The van der Waals surface area contributed by atoms with Crippen molar-refractivity contribution in [1.29, 1.82) is 0 Å². The van der Waals surface area contributed by atoms with Gasteiger partial charge in [0.2, 0.25) is 0 Å². The van der Waals surface area contributed by atoms with Gasteiger partial charge in [0.15, 0.2) is 0 Å². The van der Waals surface area contributed by atoms with Gasteiger partial charge in [0.1, 0.15) is 11.3 Å². The molecule has 0 fully saturated rings. The lowest BCUT2D eigenvalue weighted by atomic mass is 10.1. The number of esters is 1. The highest BCUT2D eigenvalue weighted by Gasteiger charge is 2.18. The van der Waals surface area contributed by atoms with Crippen LogP contribution in [0.25, 0.3) is 0 Å². The zero-order chi connectivity index (χ0) is 13.5. The second-order valence-corrected chi connectivity index (χ2v) is 4.82. The number of benzene rings is 1. The molecule has 4 heteroatoms. The molecule has 1 aromatic rings. The highest BCUT2D eigenvalue weighted by Crippen LogP contribution is 2.29. The Labute approximate surface area is 117 Å². The molecule has 0 aliphatic rings. The van der Waals surface area contributed by atoms with Crippen LogP contribution in [0.15, 0.2) is 16.6 Å². The van der Waals surface area contributed by atoms with Crippen LogP contribution < -0.4 is 4.74 Å². The summed E-state index contributed by atoms with van der Waals surface area (Å²) in [6, 6.07) is 3.69. The van der Waals surface area contributed by atoms with Gasteiger partial charge < -0.3 is 9.47 Å². The van der Waals surface area contributed by atoms with Gasteiger partial charge in [0.25, 0.3) is 0 Å². The summed E-state index contributed by atoms with van der Waals surface area (Å²) in [5.74, 6) is 0.269. The average molecular weight is 315 g/mol. The second-order valence-electron chi connectivity index (χ2n) is 3.97. The predicted octanol–water partition coefficient (Wildman–Crippen LogP) is 4.11. The SMILES string of the molecule is CCCCOc1ccc(Br)c(C)c1C(=O)OCC. The molecular formula is C14H19BrO3. The van der Waals surface area contributed by atoms with E-state index < -0.39 is 0 Å². The summed E-state index contributed by atoms with van der Waals surface area (Å²) in [5.41, 5.74) is 1.37. The lowest BCUT2D eigenvalue weighted by Crippen LogP contribution is -2.10. The number of ether oxygens (including phenoxy) is 2. The Bertz CT molecular complexity index is 416. The number of hydrogen-bond acceptors (Lipinski definition) is 3. The van der Waals surface area contributed by atoms with E-state index in [4.69, 9.17) is 9.47 Å². The van der Waals surface area contributed by atoms with Gasteiger partial charge >= 0.3 is 5.97 Å². The minimum atomic E-state index is -0.331. The van der Waals surface area contributed by atoms with Gasteiger partial charge in [-0.05, 0) is 38.0 Å². The molecule has 0 aliphatic heterocycles. The van der Waals surface area contributed by atoms with Gasteiger partial charge in [-0.25, -0.2) is 4.79 Å². The molecule has 0 saturated carbocycles. The van der Waals surface area contributed by atoms with Crippen molar-refractivity contribution in [1.82, 2.24) is 0 Å². The first-order chi connectivity index (χ1) is 8.61. The lowest BCUT2D eigenvalue weighted by molar-refractivity contribution is 0.0520. The fraction of sp³-hybridized carbons (Fsp3) is 0.500. The van der Waals surface area contributed by atoms with Crippen molar-refractivity contribution in [2.24, 2.45) is 0 Å². The van der Waals surface area contributed by atoms with Crippen molar-refractivity contribution in [3.8, 4) is 5.75 Å². The third-order valence-corrected chi connectivity index (χ3v) is 3.45. The third-order valence-electron chi connectivity index (χ3n) is 2.60. The maximum absolute atomic E-state index is 11.9. The number of unbranched alkanes of at least 4 members (excludes halogenated alkanes) is 1. The smallest absolute Gasteiger partial charge is 0.342 e. The van der Waals surface area contributed by atoms with Gasteiger partial charge in [0.05, 0.1) is 13.2 Å². The summed E-state index contributed by atoms with van der Waals surface area (Å²) < 4.78 is 11.6. The largest absolute Gasteiger partial charge is 0.493 e. The summed E-state index contributed by atoms with van der Waals surface area (Å²) in [4.78, 5) is 11.9. The van der Waals surface area contributed by atoms with Crippen molar-refractivity contribution >= 4 is 21.9 Å². The van der Waals surface area contributed by atoms with E-state index in [0.29, 0.717) is 24.5 Å². The van der Waals surface area contributed by atoms with E-state index in [0.717, 1.165) is 22.9 Å². The molecule has 0 spiro atoms. The first-order valence-corrected chi connectivity index (χ1v) is 7.00.